The molecule has 0 aliphatic heterocycles. The van der Waals surface area contributed by atoms with Gasteiger partial charge in [-0.3, -0.25) is 0 Å². The minimum absolute atomic E-state index is 0.238. The topological polar surface area (TPSA) is 9.23 Å². The molecular weight excluding hydrogens is 260 g/mol. The van der Waals surface area contributed by atoms with Crippen molar-refractivity contribution in [2.24, 2.45) is 0 Å². The third-order valence-electron chi connectivity index (χ3n) is 2.68. The molecule has 0 saturated heterocycles. The average Bonchev–Trinajstić information content (AvgIpc) is 2.38. The molecule has 0 radical (unpaired) electrons. The van der Waals surface area contributed by atoms with Gasteiger partial charge in [0.05, 0.1) is 12.7 Å². The second-order valence-electron chi connectivity index (χ2n) is 3.92. The number of alkyl halides is 3. The predicted molar refractivity (Wildman–Crippen MR) is 63.4 cm³/mol. The van der Waals surface area contributed by atoms with E-state index < -0.39 is 17.6 Å². The van der Waals surface area contributed by atoms with Crippen LogP contribution in [0.5, 0.6) is 5.75 Å². The van der Waals surface area contributed by atoms with E-state index in [1.165, 1.54) is 43.5 Å². The molecule has 0 fully saturated rings. The summed E-state index contributed by atoms with van der Waals surface area (Å²) in [6.45, 7) is 0. The zero-order valence-corrected chi connectivity index (χ0v) is 9.96. The Morgan fingerprint density at radius 3 is 2.00 bits per heavy atom. The van der Waals surface area contributed by atoms with Gasteiger partial charge in [-0.15, -0.1) is 0 Å². The Balaban J connectivity index is 2.52. The molecule has 2 rings (SSSR count). The fraction of sp³-hybridized carbons (Fsp3) is 0.143. The Morgan fingerprint density at radius 1 is 0.895 bits per heavy atom. The average molecular weight is 270 g/mol. The van der Waals surface area contributed by atoms with Gasteiger partial charge in [0.1, 0.15) is 11.6 Å². The second-order valence-corrected chi connectivity index (χ2v) is 3.92. The van der Waals surface area contributed by atoms with Crippen molar-refractivity contribution in [1.29, 1.82) is 0 Å². The molecule has 5 heteroatoms. The highest BCUT2D eigenvalue weighted by Crippen LogP contribution is 2.38. The zero-order valence-electron chi connectivity index (χ0n) is 9.96. The van der Waals surface area contributed by atoms with Gasteiger partial charge in [0.15, 0.2) is 0 Å². The lowest BCUT2D eigenvalue weighted by Crippen LogP contribution is -2.07. The van der Waals surface area contributed by atoms with Crippen molar-refractivity contribution in [2.75, 3.05) is 7.11 Å². The summed E-state index contributed by atoms with van der Waals surface area (Å²) in [6, 6.07) is 9.00. The zero-order chi connectivity index (χ0) is 14.0. The summed E-state index contributed by atoms with van der Waals surface area (Å²) in [5.74, 6) is -0.674. The van der Waals surface area contributed by atoms with Gasteiger partial charge in [0.25, 0.3) is 0 Å². The molecule has 0 aliphatic carbocycles. The Morgan fingerprint density at radius 2 is 1.47 bits per heavy atom. The predicted octanol–water partition coefficient (Wildman–Crippen LogP) is 4.52. The molecule has 0 atom stereocenters. The molecule has 100 valence electrons. The Hall–Kier alpha value is -2.04. The van der Waals surface area contributed by atoms with E-state index in [9.17, 15) is 17.6 Å². The third kappa shape index (κ3) is 2.86. The van der Waals surface area contributed by atoms with Crippen molar-refractivity contribution in [3.8, 4) is 16.9 Å². The molecular formula is C14H10F4O. The number of rotatable bonds is 2. The van der Waals surface area contributed by atoms with Gasteiger partial charge in [0.2, 0.25) is 0 Å². The Labute approximate surface area is 107 Å². The highest BCUT2D eigenvalue weighted by atomic mass is 19.4. The van der Waals surface area contributed by atoms with Crippen molar-refractivity contribution in [2.45, 2.75) is 6.18 Å². The van der Waals surface area contributed by atoms with Crippen molar-refractivity contribution in [3.63, 3.8) is 0 Å². The van der Waals surface area contributed by atoms with Crippen LogP contribution in [-0.4, -0.2) is 7.11 Å². The van der Waals surface area contributed by atoms with Crippen LogP contribution in [0.1, 0.15) is 5.56 Å². The summed E-state index contributed by atoms with van der Waals surface area (Å²) < 4.78 is 56.1. The fourth-order valence-electron chi connectivity index (χ4n) is 1.75. The summed E-state index contributed by atoms with van der Waals surface area (Å²) in [5, 5.41) is 0. The molecule has 0 amide bonds. The number of ether oxygens (including phenoxy) is 1. The highest BCUT2D eigenvalue weighted by Gasteiger charge is 2.34. The standard InChI is InChI=1S/C14H10F4O/c1-19-13-7-4-10(8-12(13)14(16,17)18)9-2-5-11(15)6-3-9/h2-8H,1H3. The van der Waals surface area contributed by atoms with Crippen LogP contribution in [0.2, 0.25) is 0 Å². The van der Waals surface area contributed by atoms with Gasteiger partial charge in [-0.25, -0.2) is 4.39 Å². The van der Waals surface area contributed by atoms with E-state index in [0.29, 0.717) is 11.1 Å². The van der Waals surface area contributed by atoms with Gasteiger partial charge in [0, 0.05) is 0 Å². The summed E-state index contributed by atoms with van der Waals surface area (Å²) in [6.07, 6.45) is -4.50. The largest absolute Gasteiger partial charge is 0.496 e. The smallest absolute Gasteiger partial charge is 0.419 e. The van der Waals surface area contributed by atoms with Crippen LogP contribution >= 0.6 is 0 Å². The maximum atomic E-state index is 12.9. The summed E-state index contributed by atoms with van der Waals surface area (Å²) >= 11 is 0. The molecule has 0 saturated carbocycles. The summed E-state index contributed by atoms with van der Waals surface area (Å²) in [7, 11) is 1.18. The van der Waals surface area contributed by atoms with Crippen molar-refractivity contribution < 1.29 is 22.3 Å². The van der Waals surface area contributed by atoms with E-state index in [4.69, 9.17) is 4.74 Å². The van der Waals surface area contributed by atoms with Gasteiger partial charge in [-0.05, 0) is 35.4 Å². The number of hydrogen-bond acceptors (Lipinski definition) is 1. The van der Waals surface area contributed by atoms with Crippen molar-refractivity contribution in [3.05, 3.63) is 53.8 Å². The van der Waals surface area contributed by atoms with Crippen molar-refractivity contribution >= 4 is 0 Å². The molecule has 0 bridgehead atoms. The second kappa shape index (κ2) is 4.91. The lowest BCUT2D eigenvalue weighted by Gasteiger charge is -2.13. The number of benzene rings is 2. The Bertz CT molecular complexity index is 573. The first-order valence-corrected chi connectivity index (χ1v) is 5.43. The maximum absolute atomic E-state index is 12.9. The summed E-state index contributed by atoms with van der Waals surface area (Å²) in [4.78, 5) is 0. The molecule has 0 N–H and O–H groups in total. The van der Waals surface area contributed by atoms with Gasteiger partial charge in [-0.2, -0.15) is 13.2 Å². The number of hydrogen-bond donors (Lipinski definition) is 0. The Kier molecular flexibility index (Phi) is 3.46. The van der Waals surface area contributed by atoms with Crippen molar-refractivity contribution in [1.82, 2.24) is 0 Å². The first kappa shape index (κ1) is 13.4. The molecule has 0 unspecified atom stereocenters. The van der Waals surface area contributed by atoms with E-state index in [-0.39, 0.29) is 5.75 Å². The lowest BCUT2D eigenvalue weighted by molar-refractivity contribution is -0.138. The first-order valence-electron chi connectivity index (χ1n) is 5.43. The van der Waals surface area contributed by atoms with Crippen LogP contribution in [0.3, 0.4) is 0 Å². The molecule has 2 aromatic rings. The molecule has 19 heavy (non-hydrogen) atoms. The van der Waals surface area contributed by atoms with E-state index in [0.717, 1.165) is 6.07 Å². The molecule has 0 heterocycles. The van der Waals surface area contributed by atoms with E-state index in [1.54, 1.807) is 0 Å². The molecule has 0 aromatic heterocycles. The molecule has 2 aromatic carbocycles. The third-order valence-corrected chi connectivity index (χ3v) is 2.68. The van der Waals surface area contributed by atoms with Crippen LogP contribution < -0.4 is 4.74 Å². The summed E-state index contributed by atoms with van der Waals surface area (Å²) in [5.41, 5.74) is 0.0134. The molecule has 0 aliphatic rings. The minimum atomic E-state index is -4.50. The van der Waals surface area contributed by atoms with Crippen LogP contribution in [0.4, 0.5) is 17.6 Å². The van der Waals surface area contributed by atoms with E-state index >= 15 is 0 Å². The number of halogens is 4. The monoisotopic (exact) mass is 270 g/mol. The fourth-order valence-corrected chi connectivity index (χ4v) is 1.75. The number of methoxy groups -OCH3 is 1. The van der Waals surface area contributed by atoms with Crippen LogP contribution in [0.15, 0.2) is 42.5 Å². The SMILES string of the molecule is COc1ccc(-c2ccc(F)cc2)cc1C(F)(F)F. The highest BCUT2D eigenvalue weighted by molar-refractivity contribution is 5.66. The van der Waals surface area contributed by atoms with Gasteiger partial charge in [-0.1, -0.05) is 18.2 Å². The van der Waals surface area contributed by atoms with Crippen LogP contribution in [0.25, 0.3) is 11.1 Å². The molecule has 0 spiro atoms. The first-order chi connectivity index (χ1) is 8.91. The van der Waals surface area contributed by atoms with Crippen LogP contribution in [0, 0.1) is 5.82 Å². The van der Waals surface area contributed by atoms with Crippen LogP contribution in [-0.2, 0) is 6.18 Å². The van der Waals surface area contributed by atoms with E-state index in [2.05, 4.69) is 0 Å². The normalized spacial score (nSPS) is 11.4. The maximum Gasteiger partial charge on any atom is 0.419 e. The molecule has 1 nitrogen and oxygen atoms in total. The van der Waals surface area contributed by atoms with Gasteiger partial charge < -0.3 is 4.74 Å². The minimum Gasteiger partial charge on any atom is -0.496 e. The van der Waals surface area contributed by atoms with Gasteiger partial charge >= 0.3 is 6.18 Å². The quantitative estimate of drug-likeness (QED) is 0.729. The van der Waals surface area contributed by atoms with E-state index in [1.807, 2.05) is 0 Å². The lowest BCUT2D eigenvalue weighted by atomic mass is 10.0.